The van der Waals surface area contributed by atoms with Crippen molar-refractivity contribution in [2.75, 3.05) is 0 Å². The van der Waals surface area contributed by atoms with Crippen LogP contribution in [-0.2, 0) is 5.41 Å². The van der Waals surface area contributed by atoms with Gasteiger partial charge in [0, 0.05) is 16.7 Å². The van der Waals surface area contributed by atoms with Crippen molar-refractivity contribution in [2.45, 2.75) is 5.41 Å². The van der Waals surface area contributed by atoms with Crippen LogP contribution in [0.1, 0.15) is 22.3 Å². The third-order valence-electron chi connectivity index (χ3n) is 12.2. The van der Waals surface area contributed by atoms with Crippen molar-refractivity contribution in [2.24, 2.45) is 0 Å². The van der Waals surface area contributed by atoms with Crippen LogP contribution < -0.4 is 0 Å². The van der Waals surface area contributed by atoms with Crippen LogP contribution in [0.15, 0.2) is 243 Å². The minimum atomic E-state index is -0.524. The molecule has 1 heterocycles. The van der Waals surface area contributed by atoms with E-state index in [-0.39, 0.29) is 0 Å². The van der Waals surface area contributed by atoms with Gasteiger partial charge in [-0.15, -0.1) is 0 Å². The molecule has 2 heteroatoms. The van der Waals surface area contributed by atoms with E-state index in [0.717, 1.165) is 50.3 Å². The van der Waals surface area contributed by atoms with Gasteiger partial charge in [-0.2, -0.15) is 0 Å². The van der Waals surface area contributed by atoms with E-state index in [1.54, 1.807) is 0 Å². The third kappa shape index (κ3) is 6.37. The Morgan fingerprint density at radius 3 is 1.25 bits per heavy atom. The number of fused-ring (bicyclic) bond motifs is 3. The molecule has 0 fully saturated rings. The molecule has 1 aliphatic rings. The van der Waals surface area contributed by atoms with Gasteiger partial charge in [0.2, 0.25) is 0 Å². The highest BCUT2D eigenvalue weighted by Gasteiger charge is 2.47. The molecule has 0 saturated heterocycles. The Labute approximate surface area is 357 Å². The molecule has 0 saturated carbocycles. The van der Waals surface area contributed by atoms with Crippen molar-refractivity contribution >= 4 is 0 Å². The van der Waals surface area contributed by atoms with Crippen LogP contribution in [-0.4, -0.2) is 9.97 Å². The number of aromatic nitrogens is 2. The van der Waals surface area contributed by atoms with Gasteiger partial charge in [0.1, 0.15) is 0 Å². The predicted octanol–water partition coefficient (Wildman–Crippen LogP) is 14.8. The van der Waals surface area contributed by atoms with Crippen LogP contribution in [0.25, 0.3) is 78.4 Å². The smallest absolute Gasteiger partial charge is 0.160 e. The molecule has 2 nitrogen and oxygen atoms in total. The molecule has 61 heavy (non-hydrogen) atoms. The van der Waals surface area contributed by atoms with Gasteiger partial charge < -0.3 is 0 Å². The van der Waals surface area contributed by atoms with Gasteiger partial charge in [-0.25, -0.2) is 9.97 Å². The second kappa shape index (κ2) is 15.3. The van der Waals surface area contributed by atoms with E-state index < -0.39 is 5.41 Å². The van der Waals surface area contributed by atoms with E-state index in [0.29, 0.717) is 5.82 Å². The molecule has 286 valence electrons. The van der Waals surface area contributed by atoms with Crippen molar-refractivity contribution in [3.8, 4) is 78.4 Å². The van der Waals surface area contributed by atoms with E-state index in [9.17, 15) is 0 Å². The summed E-state index contributed by atoms with van der Waals surface area (Å²) in [6, 6.07) is 87.1. The quantitative estimate of drug-likeness (QED) is 0.154. The third-order valence-corrected chi connectivity index (χ3v) is 12.2. The first-order valence-corrected chi connectivity index (χ1v) is 20.9. The first-order valence-electron chi connectivity index (χ1n) is 20.9. The van der Waals surface area contributed by atoms with E-state index in [1.807, 2.05) is 0 Å². The van der Waals surface area contributed by atoms with Gasteiger partial charge in [0.15, 0.2) is 5.82 Å². The van der Waals surface area contributed by atoms with E-state index in [4.69, 9.17) is 9.97 Å². The summed E-state index contributed by atoms with van der Waals surface area (Å²) in [5, 5.41) is 0. The zero-order valence-electron chi connectivity index (χ0n) is 33.5. The summed E-state index contributed by atoms with van der Waals surface area (Å²) in [5.74, 6) is 0.684. The average Bonchev–Trinajstić information content (AvgIpc) is 3.66. The van der Waals surface area contributed by atoms with E-state index >= 15 is 0 Å². The fraction of sp³-hybridized carbons (Fsp3) is 0.0169. The first kappa shape index (κ1) is 36.2. The maximum Gasteiger partial charge on any atom is 0.160 e. The topological polar surface area (TPSA) is 25.8 Å². The lowest BCUT2D eigenvalue weighted by molar-refractivity contribution is 0.770. The minimum absolute atomic E-state index is 0.524. The first-order chi connectivity index (χ1) is 30.2. The number of benzene rings is 9. The van der Waals surface area contributed by atoms with Gasteiger partial charge in [-0.05, 0) is 91.0 Å². The van der Waals surface area contributed by atoms with Crippen molar-refractivity contribution in [3.63, 3.8) is 0 Å². The molecule has 0 N–H and O–H groups in total. The summed E-state index contributed by atoms with van der Waals surface area (Å²) < 4.78 is 0. The highest BCUT2D eigenvalue weighted by atomic mass is 14.9. The second-order valence-electron chi connectivity index (χ2n) is 15.7. The van der Waals surface area contributed by atoms with Crippen LogP contribution in [0.2, 0.25) is 0 Å². The fourth-order valence-electron chi connectivity index (χ4n) is 9.42. The summed E-state index contributed by atoms with van der Waals surface area (Å²) in [6.07, 6.45) is 0. The summed E-state index contributed by atoms with van der Waals surface area (Å²) in [7, 11) is 0. The molecular formula is C59H40N2. The van der Waals surface area contributed by atoms with Gasteiger partial charge in [-0.3, -0.25) is 0 Å². The summed E-state index contributed by atoms with van der Waals surface area (Å²) in [6.45, 7) is 0. The monoisotopic (exact) mass is 776 g/mol. The highest BCUT2D eigenvalue weighted by molar-refractivity contribution is 5.93. The standard InChI is InChI=1S/C59H40N2/c1-5-19-41(20-6-1)43-23-15-26-46(37-43)55-40-56(61-58(60-55)48-28-16-24-44(38-48)42-21-7-2-8-22-42)47-27-17-25-45(39-47)51-34-18-35-53-52-33-13-14-36-54(52)59(57(51)53,49-29-9-3-10-30-49)50-31-11-4-12-32-50/h1-40H. The average molecular weight is 777 g/mol. The molecule has 10 aromatic rings. The normalized spacial score (nSPS) is 12.4. The van der Waals surface area contributed by atoms with Crippen LogP contribution >= 0.6 is 0 Å². The van der Waals surface area contributed by atoms with Crippen molar-refractivity contribution in [1.29, 1.82) is 0 Å². The number of hydrogen-bond acceptors (Lipinski definition) is 2. The van der Waals surface area contributed by atoms with Gasteiger partial charge in [0.25, 0.3) is 0 Å². The Morgan fingerprint density at radius 1 is 0.262 bits per heavy atom. The maximum absolute atomic E-state index is 5.37. The Bertz CT molecular complexity index is 3030. The SMILES string of the molecule is c1ccc(-c2cccc(-c3cc(-c4cccc(-c5cccc6c5C(c5ccccc5)(c5ccccc5)c5ccccc5-6)c4)nc(-c4cccc(-c5ccccc5)c4)n3)c2)cc1. The molecule has 0 atom stereocenters. The largest absolute Gasteiger partial charge is 0.228 e. The Kier molecular flexibility index (Phi) is 9.09. The summed E-state index contributed by atoms with van der Waals surface area (Å²) >= 11 is 0. The van der Waals surface area contributed by atoms with Crippen LogP contribution in [0, 0.1) is 0 Å². The van der Waals surface area contributed by atoms with Crippen molar-refractivity contribution in [3.05, 3.63) is 265 Å². The molecule has 0 unspecified atom stereocenters. The lowest BCUT2D eigenvalue weighted by Gasteiger charge is -2.35. The van der Waals surface area contributed by atoms with Crippen LogP contribution in [0.5, 0.6) is 0 Å². The fourth-order valence-corrected chi connectivity index (χ4v) is 9.42. The Balaban J connectivity index is 1.11. The van der Waals surface area contributed by atoms with Gasteiger partial charge in [-0.1, -0.05) is 218 Å². The van der Waals surface area contributed by atoms with E-state index in [1.165, 1.54) is 44.5 Å². The van der Waals surface area contributed by atoms with Gasteiger partial charge >= 0.3 is 0 Å². The highest BCUT2D eigenvalue weighted by Crippen LogP contribution is 2.58. The molecule has 1 aromatic heterocycles. The zero-order valence-corrected chi connectivity index (χ0v) is 33.5. The molecule has 1 aliphatic carbocycles. The molecule has 11 rings (SSSR count). The number of nitrogens with zero attached hydrogens (tertiary/aromatic N) is 2. The van der Waals surface area contributed by atoms with Crippen molar-refractivity contribution in [1.82, 2.24) is 9.97 Å². The lowest BCUT2D eigenvalue weighted by atomic mass is 9.66. The van der Waals surface area contributed by atoms with E-state index in [2.05, 4.69) is 243 Å². The zero-order chi connectivity index (χ0) is 40.6. The molecular weight excluding hydrogens is 737 g/mol. The van der Waals surface area contributed by atoms with Crippen LogP contribution in [0.4, 0.5) is 0 Å². The maximum atomic E-state index is 5.37. The molecule has 0 radical (unpaired) electrons. The lowest BCUT2D eigenvalue weighted by Crippen LogP contribution is -2.29. The Hall–Kier alpha value is -7.94. The molecule has 0 amide bonds. The van der Waals surface area contributed by atoms with Crippen LogP contribution in [0.3, 0.4) is 0 Å². The number of rotatable bonds is 8. The molecule has 9 aromatic carbocycles. The summed E-state index contributed by atoms with van der Waals surface area (Å²) in [4.78, 5) is 10.7. The Morgan fingerprint density at radius 2 is 0.656 bits per heavy atom. The minimum Gasteiger partial charge on any atom is -0.228 e. The summed E-state index contributed by atoms with van der Waals surface area (Å²) in [5.41, 5.74) is 18.8. The predicted molar refractivity (Wildman–Crippen MR) is 252 cm³/mol. The molecule has 0 spiro atoms. The number of hydrogen-bond donors (Lipinski definition) is 0. The second-order valence-corrected chi connectivity index (χ2v) is 15.7. The van der Waals surface area contributed by atoms with Crippen molar-refractivity contribution < 1.29 is 0 Å². The van der Waals surface area contributed by atoms with Gasteiger partial charge in [0.05, 0.1) is 16.8 Å². The molecule has 0 aliphatic heterocycles. The molecule has 0 bridgehead atoms.